The number of rotatable bonds is 5. The number of aliphatic hydroxyl groups excluding tert-OH is 1. The maximum absolute atomic E-state index is 9.07. The molecule has 3 nitrogen and oxygen atoms in total. The lowest BCUT2D eigenvalue weighted by Gasteiger charge is -2.16. The van der Waals surface area contributed by atoms with Crippen molar-refractivity contribution in [1.82, 2.24) is 5.32 Å². The minimum atomic E-state index is 0.0163. The predicted molar refractivity (Wildman–Crippen MR) is 56.4 cm³/mol. The van der Waals surface area contributed by atoms with Crippen molar-refractivity contribution in [3.05, 3.63) is 29.8 Å². The Morgan fingerprint density at radius 3 is 2.79 bits per heavy atom. The molecule has 0 bridgehead atoms. The van der Waals surface area contributed by atoms with Crippen molar-refractivity contribution in [2.24, 2.45) is 0 Å². The molecule has 1 aromatic carbocycles. The number of likely N-dealkylation sites (N-methyl/N-ethyl adjacent to an activating group) is 1. The van der Waals surface area contributed by atoms with Gasteiger partial charge in [0.05, 0.1) is 6.61 Å². The van der Waals surface area contributed by atoms with Gasteiger partial charge in [-0.2, -0.15) is 0 Å². The van der Waals surface area contributed by atoms with Gasteiger partial charge in [0.1, 0.15) is 11.9 Å². The van der Waals surface area contributed by atoms with Crippen molar-refractivity contribution in [2.45, 2.75) is 19.6 Å². The van der Waals surface area contributed by atoms with Crippen LogP contribution in [-0.2, 0) is 6.61 Å². The average Bonchev–Trinajstić information content (AvgIpc) is 2.19. The summed E-state index contributed by atoms with van der Waals surface area (Å²) in [6, 6.07) is 7.53. The van der Waals surface area contributed by atoms with Crippen LogP contribution in [0.1, 0.15) is 12.5 Å². The molecule has 1 rings (SSSR count). The molecule has 0 fully saturated rings. The molecule has 1 unspecified atom stereocenters. The number of benzene rings is 1. The fourth-order valence-corrected chi connectivity index (χ4v) is 1.30. The Kier molecular flexibility index (Phi) is 4.43. The highest BCUT2D eigenvalue weighted by atomic mass is 16.5. The molecule has 0 heterocycles. The summed E-state index contributed by atoms with van der Waals surface area (Å²) in [5.74, 6) is 0.762. The van der Waals surface area contributed by atoms with Crippen LogP contribution in [0.4, 0.5) is 0 Å². The second-order valence-corrected chi connectivity index (χ2v) is 3.25. The number of aliphatic hydroxyl groups is 1. The van der Waals surface area contributed by atoms with E-state index in [0.717, 1.165) is 17.9 Å². The molecule has 2 N–H and O–H groups in total. The first kappa shape index (κ1) is 11.0. The molecule has 0 aliphatic rings. The van der Waals surface area contributed by atoms with E-state index < -0.39 is 0 Å². The van der Waals surface area contributed by atoms with E-state index in [0.29, 0.717) is 0 Å². The zero-order valence-electron chi connectivity index (χ0n) is 8.66. The minimum absolute atomic E-state index is 0.0163. The molecule has 0 amide bonds. The third kappa shape index (κ3) is 3.01. The summed E-state index contributed by atoms with van der Waals surface area (Å²) in [5, 5.41) is 12.1. The standard InChI is InChI=1S/C11H17NO2/c1-9(7-12-2)14-11-6-4-3-5-10(11)8-13/h3-6,9,12-13H,7-8H2,1-2H3. The van der Waals surface area contributed by atoms with Gasteiger partial charge in [-0.3, -0.25) is 0 Å². The highest BCUT2D eigenvalue weighted by molar-refractivity contribution is 5.32. The summed E-state index contributed by atoms with van der Waals surface area (Å²) in [4.78, 5) is 0. The molecule has 78 valence electrons. The van der Waals surface area contributed by atoms with Crippen molar-refractivity contribution in [3.63, 3.8) is 0 Å². The second-order valence-electron chi connectivity index (χ2n) is 3.25. The number of hydrogen-bond donors (Lipinski definition) is 2. The van der Waals surface area contributed by atoms with E-state index in [1.807, 2.05) is 38.2 Å². The quantitative estimate of drug-likeness (QED) is 0.741. The van der Waals surface area contributed by atoms with Crippen LogP contribution in [0.5, 0.6) is 5.75 Å². The topological polar surface area (TPSA) is 41.5 Å². The van der Waals surface area contributed by atoms with E-state index in [-0.39, 0.29) is 12.7 Å². The smallest absolute Gasteiger partial charge is 0.125 e. The molecule has 0 radical (unpaired) electrons. The molecule has 0 spiro atoms. The van der Waals surface area contributed by atoms with Gasteiger partial charge in [0.2, 0.25) is 0 Å². The molecule has 0 aromatic heterocycles. The predicted octanol–water partition coefficient (Wildman–Crippen LogP) is 1.17. The molecular formula is C11H17NO2. The molecule has 0 saturated heterocycles. The maximum Gasteiger partial charge on any atom is 0.125 e. The summed E-state index contributed by atoms with van der Waals surface area (Å²) in [5.41, 5.74) is 0.829. The first-order valence-electron chi connectivity index (χ1n) is 4.78. The normalized spacial score (nSPS) is 12.5. The van der Waals surface area contributed by atoms with Gasteiger partial charge in [0.15, 0.2) is 0 Å². The zero-order valence-corrected chi connectivity index (χ0v) is 8.66. The fraction of sp³-hybridized carbons (Fsp3) is 0.455. The van der Waals surface area contributed by atoms with Gasteiger partial charge in [0, 0.05) is 12.1 Å². The first-order valence-corrected chi connectivity index (χ1v) is 4.78. The summed E-state index contributed by atoms with van der Waals surface area (Å²) in [7, 11) is 1.89. The van der Waals surface area contributed by atoms with Crippen LogP contribution in [0.15, 0.2) is 24.3 Å². The molecule has 0 saturated carbocycles. The van der Waals surface area contributed by atoms with E-state index >= 15 is 0 Å². The molecule has 1 aromatic rings. The van der Waals surface area contributed by atoms with Crippen molar-refractivity contribution in [1.29, 1.82) is 0 Å². The van der Waals surface area contributed by atoms with Gasteiger partial charge in [-0.1, -0.05) is 18.2 Å². The highest BCUT2D eigenvalue weighted by Crippen LogP contribution is 2.18. The van der Waals surface area contributed by atoms with Crippen LogP contribution in [0.2, 0.25) is 0 Å². The van der Waals surface area contributed by atoms with Gasteiger partial charge in [0.25, 0.3) is 0 Å². The minimum Gasteiger partial charge on any atom is -0.489 e. The maximum atomic E-state index is 9.07. The Balaban J connectivity index is 2.65. The number of para-hydroxylation sites is 1. The summed E-state index contributed by atoms with van der Waals surface area (Å²) in [6.07, 6.45) is 0.104. The van der Waals surface area contributed by atoms with Gasteiger partial charge in [-0.25, -0.2) is 0 Å². The lowest BCUT2D eigenvalue weighted by atomic mass is 10.2. The van der Waals surface area contributed by atoms with Crippen LogP contribution < -0.4 is 10.1 Å². The Morgan fingerprint density at radius 2 is 2.14 bits per heavy atom. The van der Waals surface area contributed by atoms with Gasteiger partial charge in [-0.15, -0.1) is 0 Å². The molecule has 3 heteroatoms. The van der Waals surface area contributed by atoms with Gasteiger partial charge < -0.3 is 15.2 Å². The monoisotopic (exact) mass is 195 g/mol. The summed E-state index contributed by atoms with van der Waals surface area (Å²) < 4.78 is 5.65. The second kappa shape index (κ2) is 5.62. The SMILES string of the molecule is CNCC(C)Oc1ccccc1CO. The van der Waals surface area contributed by atoms with E-state index in [9.17, 15) is 0 Å². The fourth-order valence-electron chi connectivity index (χ4n) is 1.30. The Bertz CT molecular complexity index is 276. The van der Waals surface area contributed by atoms with Crippen LogP contribution >= 0.6 is 0 Å². The number of ether oxygens (including phenoxy) is 1. The van der Waals surface area contributed by atoms with Crippen molar-refractivity contribution < 1.29 is 9.84 Å². The lowest BCUT2D eigenvalue weighted by Crippen LogP contribution is -2.26. The molecule has 0 aliphatic carbocycles. The van der Waals surface area contributed by atoms with Crippen LogP contribution in [0.3, 0.4) is 0 Å². The van der Waals surface area contributed by atoms with Gasteiger partial charge >= 0.3 is 0 Å². The molecule has 14 heavy (non-hydrogen) atoms. The van der Waals surface area contributed by atoms with Crippen LogP contribution in [0.25, 0.3) is 0 Å². The van der Waals surface area contributed by atoms with Gasteiger partial charge in [-0.05, 0) is 20.0 Å². The zero-order chi connectivity index (χ0) is 10.4. The molecule has 0 aliphatic heterocycles. The first-order chi connectivity index (χ1) is 6.77. The Morgan fingerprint density at radius 1 is 1.43 bits per heavy atom. The highest BCUT2D eigenvalue weighted by Gasteiger charge is 2.05. The number of hydrogen-bond acceptors (Lipinski definition) is 3. The third-order valence-electron chi connectivity index (χ3n) is 1.96. The van der Waals surface area contributed by atoms with Crippen LogP contribution in [0, 0.1) is 0 Å². The summed E-state index contributed by atoms with van der Waals surface area (Å²) in [6.45, 7) is 2.80. The third-order valence-corrected chi connectivity index (χ3v) is 1.96. The van der Waals surface area contributed by atoms with Crippen LogP contribution in [-0.4, -0.2) is 24.8 Å². The Hall–Kier alpha value is -1.06. The van der Waals surface area contributed by atoms with Crippen molar-refractivity contribution >= 4 is 0 Å². The molecule has 1 atom stereocenters. The van der Waals surface area contributed by atoms with E-state index in [1.165, 1.54) is 0 Å². The Labute approximate surface area is 84.7 Å². The van der Waals surface area contributed by atoms with E-state index in [1.54, 1.807) is 0 Å². The largest absolute Gasteiger partial charge is 0.489 e. The average molecular weight is 195 g/mol. The van der Waals surface area contributed by atoms with Crippen molar-refractivity contribution in [2.75, 3.05) is 13.6 Å². The van der Waals surface area contributed by atoms with E-state index in [2.05, 4.69) is 5.32 Å². The lowest BCUT2D eigenvalue weighted by molar-refractivity contribution is 0.209. The summed E-state index contributed by atoms with van der Waals surface area (Å²) >= 11 is 0. The van der Waals surface area contributed by atoms with E-state index in [4.69, 9.17) is 9.84 Å². The molecular weight excluding hydrogens is 178 g/mol. The number of nitrogens with one attached hydrogen (secondary N) is 1. The van der Waals surface area contributed by atoms with Crippen molar-refractivity contribution in [3.8, 4) is 5.75 Å².